The van der Waals surface area contributed by atoms with Gasteiger partial charge in [-0.25, -0.2) is 12.4 Å². The third-order valence-corrected chi connectivity index (χ3v) is 7.25. The van der Waals surface area contributed by atoms with Gasteiger partial charge in [-0.2, -0.15) is 0 Å². The number of hydrogen-bond donors (Lipinski definition) is 0. The van der Waals surface area contributed by atoms with Crippen LogP contribution in [0.2, 0.25) is 0 Å². The summed E-state index contributed by atoms with van der Waals surface area (Å²) < 4.78 is 29.0. The van der Waals surface area contributed by atoms with Crippen LogP contribution in [0.1, 0.15) is 21.6 Å². The van der Waals surface area contributed by atoms with Gasteiger partial charge in [-0.15, -0.1) is 0 Å². The van der Waals surface area contributed by atoms with Gasteiger partial charge in [0.15, 0.2) is 0 Å². The Labute approximate surface area is 184 Å². The van der Waals surface area contributed by atoms with Crippen molar-refractivity contribution in [2.75, 3.05) is 0 Å². The van der Waals surface area contributed by atoms with Gasteiger partial charge in [-0.05, 0) is 48.9 Å². The predicted octanol–water partition coefficient (Wildman–Crippen LogP) is 5.69. The molecule has 0 saturated carbocycles. The summed E-state index contributed by atoms with van der Waals surface area (Å²) >= 11 is 3.39. The van der Waals surface area contributed by atoms with E-state index < -0.39 is 10.0 Å². The Kier molecular flexibility index (Phi) is 5.45. The third-order valence-electron chi connectivity index (χ3n) is 4.82. The largest absolute Gasteiger partial charge is 0.287 e. The molecule has 6 heteroatoms. The van der Waals surface area contributed by atoms with Crippen molar-refractivity contribution in [1.29, 1.82) is 0 Å². The summed E-state index contributed by atoms with van der Waals surface area (Å²) in [5.74, 6) is -0.375. The monoisotopic (exact) mass is 479 g/mol. The van der Waals surface area contributed by atoms with E-state index in [4.69, 9.17) is 0 Å². The number of carbonyl (C=O) groups is 1. The number of nitrogens with zero attached hydrogens (tertiary/aromatic N) is 1. The molecule has 0 saturated heterocycles. The Morgan fingerprint density at radius 1 is 0.800 bits per heavy atom. The Bertz CT molecular complexity index is 1320. The van der Waals surface area contributed by atoms with Crippen LogP contribution < -0.4 is 0 Å². The van der Waals surface area contributed by atoms with Crippen LogP contribution in [0, 0.1) is 6.92 Å². The molecular weight excluding hydrogens is 462 g/mol. The highest BCUT2D eigenvalue weighted by atomic mass is 79.9. The summed E-state index contributed by atoms with van der Waals surface area (Å²) in [6.07, 6.45) is 0. The third kappa shape index (κ3) is 3.64. The van der Waals surface area contributed by atoms with Crippen LogP contribution in [0.15, 0.2) is 100 Å². The highest BCUT2D eigenvalue weighted by Gasteiger charge is 2.28. The van der Waals surface area contributed by atoms with Gasteiger partial charge in [0.25, 0.3) is 10.0 Å². The van der Waals surface area contributed by atoms with Crippen molar-refractivity contribution in [3.05, 3.63) is 112 Å². The molecule has 0 N–H and O–H groups in total. The Hall–Kier alpha value is -2.96. The Morgan fingerprint density at radius 2 is 1.43 bits per heavy atom. The normalized spacial score (nSPS) is 11.4. The van der Waals surface area contributed by atoms with E-state index in [9.17, 15) is 13.2 Å². The first kappa shape index (κ1) is 20.3. The number of benzene rings is 3. The fourth-order valence-electron chi connectivity index (χ4n) is 3.27. The van der Waals surface area contributed by atoms with Gasteiger partial charge in [0.2, 0.25) is 5.78 Å². The van der Waals surface area contributed by atoms with Crippen LogP contribution in [0.4, 0.5) is 0 Å². The van der Waals surface area contributed by atoms with Crippen molar-refractivity contribution in [1.82, 2.24) is 3.97 Å². The number of rotatable bonds is 5. The van der Waals surface area contributed by atoms with Crippen LogP contribution in [-0.2, 0) is 10.0 Å². The molecular formula is C24H18BrNO3S. The van der Waals surface area contributed by atoms with E-state index in [0.29, 0.717) is 21.3 Å². The molecule has 0 unspecified atom stereocenters. The van der Waals surface area contributed by atoms with Crippen LogP contribution in [0.5, 0.6) is 0 Å². The van der Waals surface area contributed by atoms with Crippen LogP contribution >= 0.6 is 15.9 Å². The van der Waals surface area contributed by atoms with E-state index in [2.05, 4.69) is 15.9 Å². The first-order valence-corrected chi connectivity index (χ1v) is 11.5. The van der Waals surface area contributed by atoms with Crippen molar-refractivity contribution >= 4 is 31.7 Å². The number of halogens is 1. The van der Waals surface area contributed by atoms with Gasteiger partial charge in [0, 0.05) is 10.0 Å². The van der Waals surface area contributed by atoms with Crippen molar-refractivity contribution in [3.63, 3.8) is 0 Å². The first-order valence-electron chi connectivity index (χ1n) is 9.28. The van der Waals surface area contributed by atoms with Crippen LogP contribution in [0.3, 0.4) is 0 Å². The van der Waals surface area contributed by atoms with E-state index in [0.717, 1.165) is 9.54 Å². The SMILES string of the molecule is Cc1ccc(S(=O)(=O)n2c(C(=O)c3ccccc3Br)ccc2-c2ccccc2)cc1. The summed E-state index contributed by atoms with van der Waals surface area (Å²) in [6, 6.07) is 26.0. The average Bonchev–Trinajstić information content (AvgIpc) is 3.21. The zero-order valence-electron chi connectivity index (χ0n) is 16.1. The molecule has 150 valence electrons. The van der Waals surface area contributed by atoms with Crippen LogP contribution in [0.25, 0.3) is 11.3 Å². The summed E-state index contributed by atoms with van der Waals surface area (Å²) in [6.45, 7) is 1.89. The Balaban J connectivity index is 1.97. The Morgan fingerprint density at radius 3 is 2.10 bits per heavy atom. The van der Waals surface area contributed by atoms with E-state index >= 15 is 0 Å². The van der Waals surface area contributed by atoms with Gasteiger partial charge in [0.05, 0.1) is 10.6 Å². The predicted molar refractivity (Wildman–Crippen MR) is 121 cm³/mol. The minimum atomic E-state index is -4.01. The minimum absolute atomic E-state index is 0.0846. The van der Waals surface area contributed by atoms with Crippen molar-refractivity contribution in [2.45, 2.75) is 11.8 Å². The molecule has 4 nitrogen and oxygen atoms in total. The van der Waals surface area contributed by atoms with Crippen molar-refractivity contribution in [3.8, 4) is 11.3 Å². The van der Waals surface area contributed by atoms with Gasteiger partial charge in [0.1, 0.15) is 5.69 Å². The molecule has 1 heterocycles. The lowest BCUT2D eigenvalue weighted by molar-refractivity contribution is 0.103. The van der Waals surface area contributed by atoms with E-state index in [-0.39, 0.29) is 16.4 Å². The molecule has 4 rings (SSSR count). The molecule has 0 aliphatic rings. The van der Waals surface area contributed by atoms with Crippen molar-refractivity contribution < 1.29 is 13.2 Å². The maximum atomic E-state index is 13.6. The fraction of sp³-hybridized carbons (Fsp3) is 0.0417. The summed E-state index contributed by atoms with van der Waals surface area (Å²) in [5, 5.41) is 0. The minimum Gasteiger partial charge on any atom is -0.287 e. The number of ketones is 1. The van der Waals surface area contributed by atoms with Crippen molar-refractivity contribution in [2.24, 2.45) is 0 Å². The van der Waals surface area contributed by atoms with E-state index in [1.807, 2.05) is 37.3 Å². The lowest BCUT2D eigenvalue weighted by Crippen LogP contribution is -2.20. The second-order valence-corrected chi connectivity index (χ2v) is 9.50. The topological polar surface area (TPSA) is 56.1 Å². The second kappa shape index (κ2) is 8.05. The second-order valence-electron chi connectivity index (χ2n) is 6.86. The quantitative estimate of drug-likeness (QED) is 0.345. The van der Waals surface area contributed by atoms with Crippen LogP contribution in [-0.4, -0.2) is 18.2 Å². The molecule has 0 bridgehead atoms. The van der Waals surface area contributed by atoms with E-state index in [1.54, 1.807) is 60.7 Å². The number of hydrogen-bond acceptors (Lipinski definition) is 3. The highest BCUT2D eigenvalue weighted by molar-refractivity contribution is 9.10. The molecule has 0 aliphatic carbocycles. The number of aryl methyl sites for hydroxylation is 1. The van der Waals surface area contributed by atoms with E-state index in [1.165, 1.54) is 0 Å². The zero-order valence-corrected chi connectivity index (χ0v) is 18.5. The lowest BCUT2D eigenvalue weighted by atomic mass is 10.1. The molecule has 0 radical (unpaired) electrons. The van der Waals surface area contributed by atoms with Gasteiger partial charge in [-0.1, -0.05) is 76.1 Å². The summed E-state index contributed by atoms with van der Waals surface area (Å²) in [4.78, 5) is 13.5. The summed E-state index contributed by atoms with van der Waals surface area (Å²) in [5.41, 5.74) is 2.58. The lowest BCUT2D eigenvalue weighted by Gasteiger charge is -2.15. The van der Waals surface area contributed by atoms with Gasteiger partial charge < -0.3 is 0 Å². The molecule has 1 aromatic heterocycles. The number of aromatic nitrogens is 1. The zero-order chi connectivity index (χ0) is 21.3. The molecule has 4 aromatic rings. The number of carbonyl (C=O) groups excluding carboxylic acids is 1. The molecule has 3 aromatic carbocycles. The fourth-order valence-corrected chi connectivity index (χ4v) is 5.25. The maximum absolute atomic E-state index is 13.6. The maximum Gasteiger partial charge on any atom is 0.268 e. The molecule has 0 spiro atoms. The smallest absolute Gasteiger partial charge is 0.268 e. The summed E-state index contributed by atoms with van der Waals surface area (Å²) in [7, 11) is -4.01. The molecule has 0 fully saturated rings. The first-order chi connectivity index (χ1) is 14.4. The van der Waals surface area contributed by atoms with Gasteiger partial charge >= 0.3 is 0 Å². The molecule has 0 amide bonds. The molecule has 0 atom stereocenters. The standard InChI is InChI=1S/C24H18BrNO3S/c1-17-11-13-19(14-12-17)30(28,29)26-22(18-7-3-2-4-8-18)15-16-23(26)24(27)20-9-5-6-10-21(20)25/h2-16H,1H3. The average molecular weight is 480 g/mol. The molecule has 0 aliphatic heterocycles. The van der Waals surface area contributed by atoms with Gasteiger partial charge in [-0.3, -0.25) is 4.79 Å². The highest BCUT2D eigenvalue weighted by Crippen LogP contribution is 2.30. The molecule has 30 heavy (non-hydrogen) atoms.